The lowest BCUT2D eigenvalue weighted by molar-refractivity contribution is 0.604. The van der Waals surface area contributed by atoms with Crippen molar-refractivity contribution in [1.29, 1.82) is 0 Å². The monoisotopic (exact) mass is 286 g/mol. The number of nitrogens with one attached hydrogen (secondary N) is 1. The Balaban J connectivity index is 2.41. The Morgan fingerprint density at radius 3 is 3.00 bits per heavy atom. The van der Waals surface area contributed by atoms with Crippen LogP contribution in [0.5, 0.6) is 0 Å². The molecule has 1 unspecified atom stereocenters. The summed E-state index contributed by atoms with van der Waals surface area (Å²) in [5.41, 5.74) is 1.99. The number of halogens is 2. The number of benzene rings is 1. The zero-order valence-corrected chi connectivity index (χ0v) is 11.1. The van der Waals surface area contributed by atoms with E-state index in [4.69, 9.17) is 0 Å². The zero-order valence-electron chi connectivity index (χ0n) is 9.56. The molecule has 1 aliphatic rings. The summed E-state index contributed by atoms with van der Waals surface area (Å²) in [5, 5.41) is 3.24. The minimum absolute atomic E-state index is 0.211. The van der Waals surface area contributed by atoms with Gasteiger partial charge in [0.15, 0.2) is 0 Å². The number of anilines is 2. The number of hydrogen-bond donors (Lipinski definition) is 1. The molecule has 1 atom stereocenters. The molecule has 1 aromatic rings. The molecule has 0 radical (unpaired) electrons. The first kappa shape index (κ1) is 11.7. The van der Waals surface area contributed by atoms with E-state index in [9.17, 15) is 4.39 Å². The second-order valence-electron chi connectivity index (χ2n) is 4.16. The molecule has 1 aliphatic heterocycles. The van der Waals surface area contributed by atoms with Gasteiger partial charge in [0.2, 0.25) is 0 Å². The van der Waals surface area contributed by atoms with E-state index in [-0.39, 0.29) is 5.82 Å². The summed E-state index contributed by atoms with van der Waals surface area (Å²) in [7, 11) is 0. The van der Waals surface area contributed by atoms with Crippen molar-refractivity contribution in [3.63, 3.8) is 0 Å². The predicted octanol–water partition coefficient (Wildman–Crippen LogP) is 3.62. The number of nitrogens with zero attached hydrogens (tertiary/aromatic N) is 1. The fourth-order valence-electron chi connectivity index (χ4n) is 2.03. The maximum absolute atomic E-state index is 13.4. The highest BCUT2D eigenvalue weighted by Gasteiger charge is 2.21. The highest BCUT2D eigenvalue weighted by Crippen LogP contribution is 2.35. The molecule has 0 bridgehead atoms. The minimum Gasteiger partial charge on any atom is -0.382 e. The van der Waals surface area contributed by atoms with Crippen LogP contribution in [0, 0.1) is 5.82 Å². The van der Waals surface area contributed by atoms with Gasteiger partial charge in [-0.2, -0.15) is 0 Å². The van der Waals surface area contributed by atoms with Crippen LogP contribution >= 0.6 is 15.9 Å². The summed E-state index contributed by atoms with van der Waals surface area (Å²) in [6.07, 6.45) is 1.09. The molecule has 1 aromatic carbocycles. The lowest BCUT2D eigenvalue weighted by atomic mass is 10.1. The molecule has 0 fully saturated rings. The van der Waals surface area contributed by atoms with E-state index in [1.807, 2.05) is 6.07 Å². The highest BCUT2D eigenvalue weighted by molar-refractivity contribution is 9.10. The molecule has 0 amide bonds. The van der Waals surface area contributed by atoms with Crippen molar-refractivity contribution in [2.45, 2.75) is 26.3 Å². The van der Waals surface area contributed by atoms with Crippen LogP contribution < -0.4 is 10.2 Å². The van der Waals surface area contributed by atoms with Crippen LogP contribution in [0.2, 0.25) is 0 Å². The van der Waals surface area contributed by atoms with E-state index in [1.54, 1.807) is 6.07 Å². The van der Waals surface area contributed by atoms with Crippen molar-refractivity contribution >= 4 is 27.3 Å². The molecule has 88 valence electrons. The Labute approximate surface area is 104 Å². The Morgan fingerprint density at radius 1 is 1.56 bits per heavy atom. The second kappa shape index (κ2) is 4.62. The number of fused-ring (bicyclic) bond motifs is 1. The summed E-state index contributed by atoms with van der Waals surface area (Å²) < 4.78 is 13.9. The molecular formula is C12H16BrFN2. The lowest BCUT2D eigenvalue weighted by Gasteiger charge is -2.36. The van der Waals surface area contributed by atoms with E-state index in [2.05, 4.69) is 40.0 Å². The SMILES string of the molecule is CCC(C)N1CCNc2cc(F)c(Br)cc21. The van der Waals surface area contributed by atoms with Crippen LogP contribution in [0.4, 0.5) is 15.8 Å². The fraction of sp³-hybridized carbons (Fsp3) is 0.500. The van der Waals surface area contributed by atoms with E-state index in [1.165, 1.54) is 0 Å². The van der Waals surface area contributed by atoms with Crippen LogP contribution in [0.1, 0.15) is 20.3 Å². The fourth-order valence-corrected chi connectivity index (χ4v) is 2.36. The first-order chi connectivity index (χ1) is 7.63. The first-order valence-corrected chi connectivity index (χ1v) is 6.42. The van der Waals surface area contributed by atoms with Gasteiger partial charge in [-0.25, -0.2) is 4.39 Å². The van der Waals surface area contributed by atoms with E-state index >= 15 is 0 Å². The third kappa shape index (κ3) is 2.03. The quantitative estimate of drug-likeness (QED) is 0.893. The van der Waals surface area contributed by atoms with Gasteiger partial charge < -0.3 is 10.2 Å². The van der Waals surface area contributed by atoms with Crippen LogP contribution in [-0.2, 0) is 0 Å². The maximum atomic E-state index is 13.4. The Morgan fingerprint density at radius 2 is 2.31 bits per heavy atom. The van der Waals surface area contributed by atoms with Crippen molar-refractivity contribution < 1.29 is 4.39 Å². The number of rotatable bonds is 2. The number of hydrogen-bond acceptors (Lipinski definition) is 2. The molecule has 16 heavy (non-hydrogen) atoms. The van der Waals surface area contributed by atoms with Gasteiger partial charge in [0, 0.05) is 25.2 Å². The van der Waals surface area contributed by atoms with E-state index in [0.717, 1.165) is 30.9 Å². The van der Waals surface area contributed by atoms with Gasteiger partial charge in [-0.05, 0) is 35.3 Å². The van der Waals surface area contributed by atoms with Crippen LogP contribution in [0.25, 0.3) is 0 Å². The van der Waals surface area contributed by atoms with Crippen molar-refractivity contribution in [2.24, 2.45) is 0 Å². The minimum atomic E-state index is -0.211. The van der Waals surface area contributed by atoms with Crippen molar-refractivity contribution in [3.05, 3.63) is 22.4 Å². The van der Waals surface area contributed by atoms with Crippen LogP contribution in [-0.4, -0.2) is 19.1 Å². The largest absolute Gasteiger partial charge is 0.382 e. The van der Waals surface area contributed by atoms with Gasteiger partial charge in [0.25, 0.3) is 0 Å². The molecule has 2 nitrogen and oxygen atoms in total. The third-order valence-electron chi connectivity index (χ3n) is 3.14. The van der Waals surface area contributed by atoms with E-state index in [0.29, 0.717) is 10.5 Å². The molecule has 2 rings (SSSR count). The molecule has 0 aromatic heterocycles. The molecule has 0 saturated carbocycles. The van der Waals surface area contributed by atoms with Gasteiger partial charge in [0.05, 0.1) is 15.8 Å². The highest BCUT2D eigenvalue weighted by atomic mass is 79.9. The predicted molar refractivity (Wildman–Crippen MR) is 69.7 cm³/mol. The van der Waals surface area contributed by atoms with Crippen molar-refractivity contribution in [2.75, 3.05) is 23.3 Å². The topological polar surface area (TPSA) is 15.3 Å². The summed E-state index contributed by atoms with van der Waals surface area (Å²) in [5.74, 6) is -0.211. The summed E-state index contributed by atoms with van der Waals surface area (Å²) in [6, 6.07) is 3.91. The molecule has 1 heterocycles. The van der Waals surface area contributed by atoms with Crippen molar-refractivity contribution in [3.8, 4) is 0 Å². The summed E-state index contributed by atoms with van der Waals surface area (Å²) in [4.78, 5) is 2.33. The summed E-state index contributed by atoms with van der Waals surface area (Å²) >= 11 is 3.24. The maximum Gasteiger partial charge on any atom is 0.139 e. The average Bonchev–Trinajstić information content (AvgIpc) is 2.29. The normalized spacial score (nSPS) is 16.6. The van der Waals surface area contributed by atoms with Gasteiger partial charge >= 0.3 is 0 Å². The molecule has 0 spiro atoms. The molecule has 0 aliphatic carbocycles. The molecule has 0 saturated heterocycles. The van der Waals surface area contributed by atoms with Gasteiger partial charge in [-0.3, -0.25) is 0 Å². The first-order valence-electron chi connectivity index (χ1n) is 5.63. The standard InChI is InChI=1S/C12H16BrFN2/c1-3-8(2)16-5-4-15-11-7-10(14)9(13)6-12(11)16/h6-8,15H,3-5H2,1-2H3. The van der Waals surface area contributed by atoms with Crippen LogP contribution in [0.15, 0.2) is 16.6 Å². The zero-order chi connectivity index (χ0) is 11.7. The molecular weight excluding hydrogens is 271 g/mol. The van der Waals surface area contributed by atoms with E-state index < -0.39 is 0 Å². The Hall–Kier alpha value is -0.770. The smallest absolute Gasteiger partial charge is 0.139 e. The van der Waals surface area contributed by atoms with Gasteiger partial charge in [0.1, 0.15) is 5.82 Å². The van der Waals surface area contributed by atoms with Gasteiger partial charge in [-0.15, -0.1) is 0 Å². The second-order valence-corrected chi connectivity index (χ2v) is 5.02. The van der Waals surface area contributed by atoms with Crippen molar-refractivity contribution in [1.82, 2.24) is 0 Å². The Kier molecular flexibility index (Phi) is 3.38. The molecule has 1 N–H and O–H groups in total. The molecule has 4 heteroatoms. The van der Waals surface area contributed by atoms with Gasteiger partial charge in [-0.1, -0.05) is 6.92 Å². The van der Waals surface area contributed by atoms with Crippen LogP contribution in [0.3, 0.4) is 0 Å². The third-order valence-corrected chi connectivity index (χ3v) is 3.75. The lowest BCUT2D eigenvalue weighted by Crippen LogP contribution is -2.40. The Bertz CT molecular complexity index is 395. The average molecular weight is 287 g/mol. The summed E-state index contributed by atoms with van der Waals surface area (Å²) in [6.45, 7) is 6.22.